The number of alkyl carbamates (subject to hydrolysis) is 1. The van der Waals surface area contributed by atoms with Crippen LogP contribution in [0.5, 0.6) is 11.5 Å². The van der Waals surface area contributed by atoms with Crippen LogP contribution in [0.3, 0.4) is 0 Å². The van der Waals surface area contributed by atoms with Gasteiger partial charge in [0.25, 0.3) is 0 Å². The minimum Gasteiger partial charge on any atom is -0.496 e. The second-order valence-corrected chi connectivity index (χ2v) is 6.45. The summed E-state index contributed by atoms with van der Waals surface area (Å²) in [5.74, 6) is 1.32. The van der Waals surface area contributed by atoms with Crippen LogP contribution < -0.4 is 14.8 Å². The van der Waals surface area contributed by atoms with Gasteiger partial charge in [0, 0.05) is 13.5 Å². The number of rotatable bonds is 8. The van der Waals surface area contributed by atoms with Crippen molar-refractivity contribution < 1.29 is 38.0 Å². The molecule has 0 aromatic heterocycles. The number of nitrogens with one attached hydrogen (secondary N) is 1. The highest BCUT2D eigenvalue weighted by molar-refractivity contribution is 9.10. The third kappa shape index (κ3) is 6.47. The number of hydrogen-bond donors (Lipinski definition) is 1. The molecule has 1 unspecified atom stereocenters. The molecule has 1 fully saturated rings. The molecular weight excluding hydrogens is 426 g/mol. The van der Waals surface area contributed by atoms with Crippen LogP contribution in [-0.2, 0) is 25.4 Å². The molecule has 0 aliphatic carbocycles. The van der Waals surface area contributed by atoms with Gasteiger partial charge in [0.1, 0.15) is 11.5 Å². The van der Waals surface area contributed by atoms with Gasteiger partial charge < -0.3 is 33.7 Å². The van der Waals surface area contributed by atoms with Crippen LogP contribution in [0.4, 0.5) is 9.59 Å². The van der Waals surface area contributed by atoms with E-state index >= 15 is 0 Å². The van der Waals surface area contributed by atoms with E-state index in [2.05, 4.69) is 21.2 Å². The zero-order valence-corrected chi connectivity index (χ0v) is 16.9. The highest BCUT2D eigenvalue weighted by Crippen LogP contribution is 2.32. The molecule has 1 aliphatic rings. The van der Waals surface area contributed by atoms with Crippen molar-refractivity contribution in [2.75, 3.05) is 34.0 Å². The van der Waals surface area contributed by atoms with Gasteiger partial charge in [-0.05, 0) is 40.0 Å². The average molecular weight is 448 g/mol. The zero-order valence-electron chi connectivity index (χ0n) is 15.3. The van der Waals surface area contributed by atoms with Crippen molar-refractivity contribution in [2.24, 2.45) is 0 Å². The molecular formula is C17H22BrNO8. The third-order valence-electron chi connectivity index (χ3n) is 3.62. The first-order valence-electron chi connectivity index (χ1n) is 8.22. The molecule has 1 heterocycles. The van der Waals surface area contributed by atoms with E-state index in [-0.39, 0.29) is 12.6 Å². The molecule has 1 aromatic carbocycles. The fourth-order valence-corrected chi connectivity index (χ4v) is 2.70. The largest absolute Gasteiger partial charge is 0.511 e. The first-order valence-corrected chi connectivity index (χ1v) is 9.02. The third-order valence-corrected chi connectivity index (χ3v) is 4.24. The number of halogens is 1. The second-order valence-electron chi connectivity index (χ2n) is 5.59. The number of hydrogen-bond acceptors (Lipinski definition) is 8. The topological polar surface area (TPSA) is 102 Å². The molecule has 10 heteroatoms. The van der Waals surface area contributed by atoms with E-state index < -0.39 is 18.5 Å². The zero-order chi connectivity index (χ0) is 19.8. The summed E-state index contributed by atoms with van der Waals surface area (Å²) in [5.41, 5.74) is 0.855. The highest BCUT2D eigenvalue weighted by atomic mass is 79.9. The Kier molecular flexibility index (Phi) is 7.99. The Morgan fingerprint density at radius 3 is 2.52 bits per heavy atom. The van der Waals surface area contributed by atoms with Crippen LogP contribution in [0.15, 0.2) is 16.6 Å². The maximum absolute atomic E-state index is 11.8. The van der Waals surface area contributed by atoms with Crippen molar-refractivity contribution in [1.29, 1.82) is 0 Å². The lowest BCUT2D eigenvalue weighted by Gasteiger charge is -2.25. The van der Waals surface area contributed by atoms with E-state index in [0.717, 1.165) is 10.0 Å². The Hall–Kier alpha value is -2.20. The molecule has 2 rings (SSSR count). The number of ether oxygens (including phenoxy) is 6. The van der Waals surface area contributed by atoms with Gasteiger partial charge >= 0.3 is 12.2 Å². The van der Waals surface area contributed by atoms with Crippen molar-refractivity contribution in [2.45, 2.75) is 25.7 Å². The van der Waals surface area contributed by atoms with Crippen LogP contribution >= 0.6 is 15.9 Å². The van der Waals surface area contributed by atoms with E-state index in [1.54, 1.807) is 20.3 Å². The van der Waals surface area contributed by atoms with E-state index in [4.69, 9.17) is 28.4 Å². The summed E-state index contributed by atoms with van der Waals surface area (Å²) in [7, 11) is 3.13. The van der Waals surface area contributed by atoms with E-state index in [0.29, 0.717) is 31.1 Å². The molecule has 1 aromatic rings. The Morgan fingerprint density at radius 2 is 1.93 bits per heavy atom. The summed E-state index contributed by atoms with van der Waals surface area (Å²) < 4.78 is 30.9. The summed E-state index contributed by atoms with van der Waals surface area (Å²) in [5, 5.41) is 2.58. The van der Waals surface area contributed by atoms with Gasteiger partial charge in [0.15, 0.2) is 6.10 Å². The number of benzene rings is 1. The summed E-state index contributed by atoms with van der Waals surface area (Å²) in [6.45, 7) is 2.39. The van der Waals surface area contributed by atoms with Crippen molar-refractivity contribution in [1.82, 2.24) is 5.32 Å². The van der Waals surface area contributed by atoms with Crippen LogP contribution in [0.25, 0.3) is 0 Å². The lowest BCUT2D eigenvalue weighted by Crippen LogP contribution is -2.39. The number of carbonyl (C=O) groups is 2. The molecule has 0 bridgehead atoms. The summed E-state index contributed by atoms with van der Waals surface area (Å²) >= 11 is 3.39. The molecule has 1 N–H and O–H groups in total. The molecule has 1 atom stereocenters. The SMILES string of the molecule is COc1cc(CCNC(=O)OC(C)OC(=O)OC2COC2)c(OC)cc1Br. The summed E-state index contributed by atoms with van der Waals surface area (Å²) in [4.78, 5) is 23.3. The smallest absolute Gasteiger partial charge is 0.496 e. The van der Waals surface area contributed by atoms with Crippen LogP contribution in [0.1, 0.15) is 12.5 Å². The van der Waals surface area contributed by atoms with Gasteiger partial charge in [-0.1, -0.05) is 0 Å². The normalized spacial score (nSPS) is 14.5. The first kappa shape index (κ1) is 21.1. The van der Waals surface area contributed by atoms with Gasteiger partial charge in [-0.25, -0.2) is 9.59 Å². The van der Waals surface area contributed by atoms with Gasteiger partial charge in [-0.15, -0.1) is 0 Å². The van der Waals surface area contributed by atoms with Crippen molar-refractivity contribution in [3.8, 4) is 11.5 Å². The maximum atomic E-state index is 11.8. The fourth-order valence-electron chi connectivity index (χ4n) is 2.22. The van der Waals surface area contributed by atoms with Crippen LogP contribution in [0, 0.1) is 0 Å². The van der Waals surface area contributed by atoms with E-state index in [1.807, 2.05) is 6.07 Å². The maximum Gasteiger partial charge on any atom is 0.511 e. The number of amides is 1. The number of methoxy groups -OCH3 is 2. The van der Waals surface area contributed by atoms with Crippen molar-refractivity contribution in [3.05, 3.63) is 22.2 Å². The van der Waals surface area contributed by atoms with Crippen molar-refractivity contribution in [3.63, 3.8) is 0 Å². The van der Waals surface area contributed by atoms with Gasteiger partial charge in [0.2, 0.25) is 6.29 Å². The lowest BCUT2D eigenvalue weighted by atomic mass is 10.1. The van der Waals surface area contributed by atoms with Gasteiger partial charge in [-0.3, -0.25) is 0 Å². The molecule has 0 spiro atoms. The standard InChI is InChI=1S/C17H22BrNO8/c1-10(26-17(21)27-12-8-24-9-12)25-16(20)19-5-4-11-6-15(23-3)13(18)7-14(11)22-2/h6-7,10,12H,4-5,8-9H2,1-3H3,(H,19,20). The summed E-state index contributed by atoms with van der Waals surface area (Å²) in [6.07, 6.45) is -2.53. The first-order chi connectivity index (χ1) is 12.9. The highest BCUT2D eigenvalue weighted by Gasteiger charge is 2.25. The van der Waals surface area contributed by atoms with E-state index in [1.165, 1.54) is 6.92 Å². The van der Waals surface area contributed by atoms with E-state index in [9.17, 15) is 9.59 Å². The van der Waals surface area contributed by atoms with Gasteiger partial charge in [0.05, 0.1) is 31.9 Å². The quantitative estimate of drug-likeness (QED) is 0.479. The molecule has 27 heavy (non-hydrogen) atoms. The molecule has 0 saturated carbocycles. The van der Waals surface area contributed by atoms with Crippen LogP contribution in [-0.4, -0.2) is 58.6 Å². The monoisotopic (exact) mass is 447 g/mol. The number of carbonyl (C=O) groups excluding carboxylic acids is 2. The Morgan fingerprint density at radius 1 is 1.22 bits per heavy atom. The van der Waals surface area contributed by atoms with Crippen molar-refractivity contribution >= 4 is 28.2 Å². The molecule has 9 nitrogen and oxygen atoms in total. The van der Waals surface area contributed by atoms with Crippen LogP contribution in [0.2, 0.25) is 0 Å². The fraction of sp³-hybridized carbons (Fsp3) is 0.529. The molecule has 1 amide bonds. The second kappa shape index (κ2) is 10.2. The van der Waals surface area contributed by atoms with Gasteiger partial charge in [-0.2, -0.15) is 0 Å². The minimum absolute atomic E-state index is 0.288. The predicted octanol–water partition coefficient (Wildman–Crippen LogP) is 2.63. The Bertz CT molecular complexity index is 665. The Labute approximate surface area is 165 Å². The summed E-state index contributed by atoms with van der Waals surface area (Å²) in [6, 6.07) is 3.61. The Balaban J connectivity index is 1.74. The average Bonchev–Trinajstić information content (AvgIpc) is 2.58. The molecule has 1 saturated heterocycles. The predicted molar refractivity (Wildman–Crippen MR) is 97.1 cm³/mol. The molecule has 0 radical (unpaired) electrons. The minimum atomic E-state index is -1.08. The molecule has 150 valence electrons. The molecule has 1 aliphatic heterocycles. The lowest BCUT2D eigenvalue weighted by molar-refractivity contribution is -0.136.